The number of hydrogen-bond donors (Lipinski definition) is 0. The highest BCUT2D eigenvalue weighted by Crippen LogP contribution is 2.62. The van der Waals surface area contributed by atoms with E-state index in [2.05, 4.69) is 4.74 Å². The van der Waals surface area contributed by atoms with Gasteiger partial charge in [-0.1, -0.05) is 0 Å². The number of carbonyl (C=O) groups excluding carboxylic acids is 3. The lowest BCUT2D eigenvalue weighted by Gasteiger charge is -2.31. The molecule has 2 aromatic carbocycles. The van der Waals surface area contributed by atoms with Crippen molar-refractivity contribution in [3.8, 4) is 11.8 Å². The van der Waals surface area contributed by atoms with E-state index in [0.717, 1.165) is 11.0 Å². The molecule has 5 rings (SSSR count). The van der Waals surface area contributed by atoms with E-state index in [-0.39, 0.29) is 18.7 Å². The third-order valence-electron chi connectivity index (χ3n) is 7.77. The average Bonchev–Trinajstić information content (AvgIpc) is 3.47. The molecule has 2 aromatic rings. The van der Waals surface area contributed by atoms with E-state index in [1.54, 1.807) is 31.2 Å². The number of rotatable bonds is 6. The molecular formula is C27H23F3N2O6. The van der Waals surface area contributed by atoms with Gasteiger partial charge in [0.2, 0.25) is 11.8 Å². The second-order valence-corrected chi connectivity index (χ2v) is 9.90. The van der Waals surface area contributed by atoms with Gasteiger partial charge < -0.3 is 14.2 Å². The predicted molar refractivity (Wildman–Crippen MR) is 125 cm³/mol. The third-order valence-corrected chi connectivity index (χ3v) is 7.77. The van der Waals surface area contributed by atoms with E-state index in [4.69, 9.17) is 14.7 Å². The summed E-state index contributed by atoms with van der Waals surface area (Å²) < 4.78 is 57.5. The van der Waals surface area contributed by atoms with E-state index in [1.807, 2.05) is 0 Å². The standard InChI is InChI=1S/C27H23F3N2O6/c1-25-9-10-26(38-25,11-12-37-18-7-4-15(5-8-18)24(35)36-2)21-20(25)22(33)32(23(21)34)17-6-3-16(14-31)19(13-17)27(28,29)30/h3-8,13,20-21H,9-12H2,1-2H3. The lowest BCUT2D eigenvalue weighted by molar-refractivity contribution is -0.138. The van der Waals surface area contributed by atoms with Crippen molar-refractivity contribution in [2.45, 2.75) is 43.6 Å². The fourth-order valence-corrected chi connectivity index (χ4v) is 6.01. The maximum Gasteiger partial charge on any atom is 0.417 e. The summed E-state index contributed by atoms with van der Waals surface area (Å²) in [4.78, 5) is 39.5. The Kier molecular flexibility index (Phi) is 5.98. The number of benzene rings is 2. The van der Waals surface area contributed by atoms with Crippen LogP contribution in [0.1, 0.15) is 47.7 Å². The molecule has 3 aliphatic heterocycles. The Bertz CT molecular complexity index is 1370. The lowest BCUT2D eigenvalue weighted by Crippen LogP contribution is -2.43. The van der Waals surface area contributed by atoms with Crippen LogP contribution in [-0.4, -0.2) is 42.7 Å². The molecular weight excluding hydrogens is 505 g/mol. The molecule has 0 saturated carbocycles. The number of ether oxygens (including phenoxy) is 3. The number of nitriles is 1. The second-order valence-electron chi connectivity index (χ2n) is 9.90. The summed E-state index contributed by atoms with van der Waals surface area (Å²) in [6, 6.07) is 10.6. The number of amides is 2. The van der Waals surface area contributed by atoms with Crippen LogP contribution in [0.15, 0.2) is 42.5 Å². The van der Waals surface area contributed by atoms with Crippen molar-refractivity contribution in [3.05, 3.63) is 59.2 Å². The zero-order valence-corrected chi connectivity index (χ0v) is 20.5. The Labute approximate surface area is 215 Å². The first-order chi connectivity index (χ1) is 17.9. The molecule has 11 heteroatoms. The molecule has 8 nitrogen and oxygen atoms in total. The maximum atomic E-state index is 13.6. The summed E-state index contributed by atoms with van der Waals surface area (Å²) in [7, 11) is 1.28. The molecule has 0 radical (unpaired) electrons. The molecule has 198 valence electrons. The van der Waals surface area contributed by atoms with Crippen LogP contribution >= 0.6 is 0 Å². The molecule has 4 atom stereocenters. The lowest BCUT2D eigenvalue weighted by atomic mass is 9.67. The van der Waals surface area contributed by atoms with Gasteiger partial charge in [0.25, 0.3) is 0 Å². The number of alkyl halides is 3. The molecule has 3 saturated heterocycles. The molecule has 4 unspecified atom stereocenters. The molecule has 0 N–H and O–H groups in total. The Balaban J connectivity index is 1.38. The highest BCUT2D eigenvalue weighted by molar-refractivity contribution is 6.23. The number of esters is 1. The van der Waals surface area contributed by atoms with Crippen LogP contribution in [0.25, 0.3) is 0 Å². The zero-order chi connectivity index (χ0) is 27.5. The fourth-order valence-electron chi connectivity index (χ4n) is 6.01. The Morgan fingerprint density at radius 1 is 1.13 bits per heavy atom. The number of imide groups is 1. The minimum Gasteiger partial charge on any atom is -0.493 e. The van der Waals surface area contributed by atoms with E-state index in [0.29, 0.717) is 30.2 Å². The molecule has 0 aromatic heterocycles. The normalized spacial score (nSPS) is 27.8. The van der Waals surface area contributed by atoms with Crippen molar-refractivity contribution < 1.29 is 41.8 Å². The number of carbonyl (C=O) groups is 3. The second kappa shape index (κ2) is 8.84. The van der Waals surface area contributed by atoms with Gasteiger partial charge in [-0.3, -0.25) is 9.59 Å². The Morgan fingerprint density at radius 3 is 2.45 bits per heavy atom. The largest absolute Gasteiger partial charge is 0.493 e. The van der Waals surface area contributed by atoms with E-state index < -0.39 is 58.1 Å². The first kappa shape index (κ1) is 25.7. The monoisotopic (exact) mass is 528 g/mol. The molecule has 0 aliphatic carbocycles. The van der Waals surface area contributed by atoms with Gasteiger partial charge in [0.05, 0.1) is 65.2 Å². The van der Waals surface area contributed by atoms with Gasteiger partial charge in [0, 0.05) is 6.42 Å². The number of halogens is 3. The van der Waals surface area contributed by atoms with Gasteiger partial charge in [-0.25, -0.2) is 9.69 Å². The maximum absolute atomic E-state index is 13.6. The van der Waals surface area contributed by atoms with Crippen molar-refractivity contribution in [3.63, 3.8) is 0 Å². The number of fused-ring (bicyclic) bond motifs is 5. The summed E-state index contributed by atoms with van der Waals surface area (Å²) in [6.07, 6.45) is -3.56. The summed E-state index contributed by atoms with van der Waals surface area (Å²) in [5.41, 5.74) is -3.61. The first-order valence-corrected chi connectivity index (χ1v) is 11.9. The van der Waals surface area contributed by atoms with E-state index >= 15 is 0 Å². The summed E-state index contributed by atoms with van der Waals surface area (Å²) in [5, 5.41) is 9.09. The number of anilines is 1. The molecule has 3 heterocycles. The van der Waals surface area contributed by atoms with Crippen LogP contribution < -0.4 is 9.64 Å². The highest BCUT2D eigenvalue weighted by atomic mass is 19.4. The van der Waals surface area contributed by atoms with Crippen molar-refractivity contribution in [1.29, 1.82) is 5.26 Å². The smallest absolute Gasteiger partial charge is 0.417 e. The highest BCUT2D eigenvalue weighted by Gasteiger charge is 2.73. The van der Waals surface area contributed by atoms with Crippen LogP contribution in [0.5, 0.6) is 5.75 Å². The van der Waals surface area contributed by atoms with Crippen molar-refractivity contribution >= 4 is 23.5 Å². The number of methoxy groups -OCH3 is 1. The molecule has 38 heavy (non-hydrogen) atoms. The topological polar surface area (TPSA) is 106 Å². The third kappa shape index (κ3) is 3.91. The van der Waals surface area contributed by atoms with Crippen molar-refractivity contribution in [2.24, 2.45) is 11.8 Å². The van der Waals surface area contributed by atoms with Gasteiger partial charge in [-0.15, -0.1) is 0 Å². The molecule has 2 amide bonds. The Hall–Kier alpha value is -3.91. The molecule has 3 aliphatic rings. The van der Waals surface area contributed by atoms with Gasteiger partial charge in [0.15, 0.2) is 0 Å². The molecule has 3 fully saturated rings. The van der Waals surface area contributed by atoms with Gasteiger partial charge in [0.1, 0.15) is 5.75 Å². The van der Waals surface area contributed by atoms with Crippen molar-refractivity contribution in [2.75, 3.05) is 18.6 Å². The minimum atomic E-state index is -4.83. The van der Waals surface area contributed by atoms with E-state index in [9.17, 15) is 27.6 Å². The van der Waals surface area contributed by atoms with Crippen LogP contribution in [-0.2, 0) is 25.2 Å². The summed E-state index contributed by atoms with van der Waals surface area (Å²) in [5.74, 6) is -2.94. The quantitative estimate of drug-likeness (QED) is 0.408. The fraction of sp³-hybridized carbons (Fsp3) is 0.407. The summed E-state index contributed by atoms with van der Waals surface area (Å²) in [6.45, 7) is 1.90. The van der Waals surface area contributed by atoms with Crippen LogP contribution in [0.4, 0.5) is 18.9 Å². The van der Waals surface area contributed by atoms with E-state index in [1.165, 1.54) is 19.2 Å². The van der Waals surface area contributed by atoms with Crippen LogP contribution in [0, 0.1) is 23.2 Å². The van der Waals surface area contributed by atoms with Gasteiger partial charge in [-0.2, -0.15) is 18.4 Å². The van der Waals surface area contributed by atoms with Crippen LogP contribution in [0.3, 0.4) is 0 Å². The SMILES string of the molecule is COC(=O)c1ccc(OCCC23CCC(C)(O2)C2C(=O)N(c4ccc(C#N)c(C(F)(F)F)c4)C(=O)C23)cc1. The minimum absolute atomic E-state index is 0.146. The number of hydrogen-bond acceptors (Lipinski definition) is 7. The van der Waals surface area contributed by atoms with Crippen molar-refractivity contribution in [1.82, 2.24) is 0 Å². The first-order valence-electron chi connectivity index (χ1n) is 11.9. The van der Waals surface area contributed by atoms with Gasteiger partial charge in [-0.05, 0) is 62.2 Å². The number of nitrogens with zero attached hydrogens (tertiary/aromatic N) is 2. The predicted octanol–water partition coefficient (Wildman–Crippen LogP) is 4.26. The zero-order valence-electron chi connectivity index (χ0n) is 20.5. The molecule has 0 spiro atoms. The average molecular weight is 528 g/mol. The summed E-state index contributed by atoms with van der Waals surface area (Å²) >= 11 is 0. The van der Waals surface area contributed by atoms with Gasteiger partial charge >= 0.3 is 12.1 Å². The molecule has 2 bridgehead atoms. The Morgan fingerprint density at radius 2 is 1.82 bits per heavy atom. The van der Waals surface area contributed by atoms with Crippen LogP contribution in [0.2, 0.25) is 0 Å².